The summed E-state index contributed by atoms with van der Waals surface area (Å²) in [5, 5.41) is 17.8. The summed E-state index contributed by atoms with van der Waals surface area (Å²) >= 11 is 0. The van der Waals surface area contributed by atoms with Crippen LogP contribution >= 0.6 is 0 Å². The van der Waals surface area contributed by atoms with Crippen LogP contribution in [0.4, 0.5) is 0 Å². The molecule has 23 heavy (non-hydrogen) atoms. The number of nitrogens with one attached hydrogen (secondary N) is 1. The summed E-state index contributed by atoms with van der Waals surface area (Å²) in [5.74, 6) is -0.391. The van der Waals surface area contributed by atoms with E-state index >= 15 is 0 Å². The number of rotatable bonds is 12. The molecule has 1 amide bonds. The van der Waals surface area contributed by atoms with Gasteiger partial charge in [0.05, 0.1) is 33.0 Å². The third-order valence-corrected chi connectivity index (χ3v) is 1.80. The topological polar surface area (TPSA) is 114 Å². The van der Waals surface area contributed by atoms with E-state index in [2.05, 4.69) is 26.1 Å². The van der Waals surface area contributed by atoms with Gasteiger partial charge in [-0.15, -0.1) is 0 Å². The molecule has 0 atom stereocenters. The lowest BCUT2D eigenvalue weighted by Gasteiger charge is -2.06. The Labute approximate surface area is 139 Å². The summed E-state index contributed by atoms with van der Waals surface area (Å²) in [6, 6.07) is 0. The molecule has 0 rings (SSSR count). The molecule has 0 spiro atoms. The van der Waals surface area contributed by atoms with Gasteiger partial charge in [-0.1, -0.05) is 27.2 Å². The predicted octanol–water partition coefficient (Wildman–Crippen LogP) is 0.672. The first kappa shape index (κ1) is 26.7. The summed E-state index contributed by atoms with van der Waals surface area (Å²) in [6.07, 6.45) is 2.27. The molecule has 0 saturated heterocycles. The highest BCUT2D eigenvalue weighted by molar-refractivity contribution is 5.76. The second-order valence-electron chi connectivity index (χ2n) is 4.16. The van der Waals surface area contributed by atoms with Gasteiger partial charge in [0.25, 0.3) is 6.47 Å². The SMILES string of the molecule is CCC.CCCOCCOCCOCCNC(=O)CO.O=CO. The first-order valence-corrected chi connectivity index (χ1v) is 7.82. The van der Waals surface area contributed by atoms with E-state index in [1.165, 1.54) is 6.42 Å². The Kier molecular flexibility index (Phi) is 33.5. The number of amides is 1. The lowest BCUT2D eigenvalue weighted by molar-refractivity contribution is -0.124. The lowest BCUT2D eigenvalue weighted by atomic mass is 10.5. The summed E-state index contributed by atoms with van der Waals surface area (Å²) in [4.78, 5) is 19.0. The van der Waals surface area contributed by atoms with Gasteiger partial charge in [0.1, 0.15) is 6.61 Å². The molecule has 140 valence electrons. The van der Waals surface area contributed by atoms with E-state index in [1.807, 2.05) is 0 Å². The number of aliphatic hydroxyl groups is 1. The van der Waals surface area contributed by atoms with Crippen molar-refractivity contribution < 1.29 is 34.0 Å². The van der Waals surface area contributed by atoms with E-state index in [0.717, 1.165) is 13.0 Å². The summed E-state index contributed by atoms with van der Waals surface area (Å²) in [7, 11) is 0. The maximum Gasteiger partial charge on any atom is 0.290 e. The van der Waals surface area contributed by atoms with Crippen molar-refractivity contribution in [2.24, 2.45) is 0 Å². The Hall–Kier alpha value is -1.22. The van der Waals surface area contributed by atoms with Crippen LogP contribution in [0.3, 0.4) is 0 Å². The maximum absolute atomic E-state index is 10.6. The number of aliphatic hydroxyl groups excluding tert-OH is 1. The summed E-state index contributed by atoms with van der Waals surface area (Å²) in [6.45, 7) is 9.35. The molecular formula is C15H33NO7. The molecular weight excluding hydrogens is 306 g/mol. The third kappa shape index (κ3) is 38.6. The first-order valence-electron chi connectivity index (χ1n) is 7.82. The van der Waals surface area contributed by atoms with Crippen molar-refractivity contribution in [3.8, 4) is 0 Å². The molecule has 0 aromatic rings. The smallest absolute Gasteiger partial charge is 0.290 e. The van der Waals surface area contributed by atoms with Crippen LogP contribution in [0, 0.1) is 0 Å². The average Bonchev–Trinajstić information content (AvgIpc) is 2.54. The second-order valence-corrected chi connectivity index (χ2v) is 4.16. The van der Waals surface area contributed by atoms with Crippen molar-refractivity contribution in [3.05, 3.63) is 0 Å². The van der Waals surface area contributed by atoms with E-state index in [1.54, 1.807) is 0 Å². The minimum absolute atomic E-state index is 0.250. The Morgan fingerprint density at radius 2 is 1.35 bits per heavy atom. The van der Waals surface area contributed by atoms with Crippen LogP contribution in [0.2, 0.25) is 0 Å². The number of hydrogen-bond donors (Lipinski definition) is 3. The molecule has 0 aromatic heterocycles. The molecule has 0 heterocycles. The van der Waals surface area contributed by atoms with Crippen molar-refractivity contribution in [2.45, 2.75) is 33.6 Å². The monoisotopic (exact) mass is 339 g/mol. The van der Waals surface area contributed by atoms with Crippen LogP contribution < -0.4 is 5.32 Å². The van der Waals surface area contributed by atoms with E-state index in [4.69, 9.17) is 29.2 Å². The van der Waals surface area contributed by atoms with Crippen molar-refractivity contribution in [3.63, 3.8) is 0 Å². The zero-order valence-corrected chi connectivity index (χ0v) is 14.6. The molecule has 0 aliphatic carbocycles. The highest BCUT2D eigenvalue weighted by Crippen LogP contribution is 1.83. The number of ether oxygens (including phenoxy) is 3. The largest absolute Gasteiger partial charge is 0.483 e. The number of carbonyl (C=O) groups excluding carboxylic acids is 1. The fraction of sp³-hybridized carbons (Fsp3) is 0.867. The van der Waals surface area contributed by atoms with Gasteiger partial charge < -0.3 is 29.7 Å². The average molecular weight is 339 g/mol. The Bertz CT molecular complexity index is 228. The lowest BCUT2D eigenvalue weighted by Crippen LogP contribution is -2.29. The maximum atomic E-state index is 10.6. The predicted molar refractivity (Wildman–Crippen MR) is 87.5 cm³/mol. The van der Waals surface area contributed by atoms with E-state index in [-0.39, 0.29) is 6.47 Å². The van der Waals surface area contributed by atoms with Crippen LogP contribution in [0.25, 0.3) is 0 Å². The van der Waals surface area contributed by atoms with E-state index in [0.29, 0.717) is 39.6 Å². The van der Waals surface area contributed by atoms with Gasteiger partial charge in [-0.3, -0.25) is 9.59 Å². The zero-order valence-electron chi connectivity index (χ0n) is 14.6. The highest BCUT2D eigenvalue weighted by Gasteiger charge is 1.96. The van der Waals surface area contributed by atoms with Gasteiger partial charge in [0, 0.05) is 13.2 Å². The molecule has 8 heteroatoms. The quantitative estimate of drug-likeness (QED) is 0.354. The van der Waals surface area contributed by atoms with Gasteiger partial charge in [0.15, 0.2) is 0 Å². The van der Waals surface area contributed by atoms with Crippen molar-refractivity contribution in [1.29, 1.82) is 0 Å². The molecule has 8 nitrogen and oxygen atoms in total. The minimum atomic E-state index is -0.485. The molecule has 0 unspecified atom stereocenters. The van der Waals surface area contributed by atoms with E-state index < -0.39 is 12.5 Å². The highest BCUT2D eigenvalue weighted by atomic mass is 16.5. The van der Waals surface area contributed by atoms with E-state index in [9.17, 15) is 4.79 Å². The molecule has 0 saturated carbocycles. The third-order valence-electron chi connectivity index (χ3n) is 1.80. The van der Waals surface area contributed by atoms with Gasteiger partial charge in [-0.05, 0) is 6.42 Å². The normalized spacial score (nSPS) is 9.04. The van der Waals surface area contributed by atoms with Crippen molar-refractivity contribution in [1.82, 2.24) is 5.32 Å². The molecule has 0 radical (unpaired) electrons. The van der Waals surface area contributed by atoms with Gasteiger partial charge >= 0.3 is 0 Å². The number of carbonyl (C=O) groups is 2. The number of hydrogen-bond acceptors (Lipinski definition) is 6. The Morgan fingerprint density at radius 1 is 0.957 bits per heavy atom. The summed E-state index contributed by atoms with van der Waals surface area (Å²) < 4.78 is 15.7. The van der Waals surface area contributed by atoms with Crippen LogP contribution in [-0.4, -0.2) is 75.4 Å². The molecule has 0 aromatic carbocycles. The van der Waals surface area contributed by atoms with Crippen LogP contribution in [0.1, 0.15) is 33.6 Å². The van der Waals surface area contributed by atoms with Gasteiger partial charge in [-0.25, -0.2) is 0 Å². The van der Waals surface area contributed by atoms with Crippen molar-refractivity contribution in [2.75, 3.05) is 52.8 Å². The molecule has 0 bridgehead atoms. The summed E-state index contributed by atoms with van der Waals surface area (Å²) in [5.41, 5.74) is 0. The fourth-order valence-electron chi connectivity index (χ4n) is 1.00. The van der Waals surface area contributed by atoms with Gasteiger partial charge in [0.2, 0.25) is 5.91 Å². The fourth-order valence-corrected chi connectivity index (χ4v) is 1.00. The Morgan fingerprint density at radius 3 is 1.74 bits per heavy atom. The minimum Gasteiger partial charge on any atom is -0.483 e. The molecule has 0 aliphatic heterocycles. The molecule has 0 aliphatic rings. The van der Waals surface area contributed by atoms with Gasteiger partial charge in [-0.2, -0.15) is 0 Å². The molecule has 0 fully saturated rings. The van der Waals surface area contributed by atoms with Crippen LogP contribution in [0.5, 0.6) is 0 Å². The number of carboxylic acid groups (broad SMARTS) is 1. The van der Waals surface area contributed by atoms with Crippen LogP contribution in [0.15, 0.2) is 0 Å². The van der Waals surface area contributed by atoms with Crippen LogP contribution in [-0.2, 0) is 23.8 Å². The first-order chi connectivity index (χ1) is 11.1. The zero-order chi connectivity index (χ0) is 18.2. The second kappa shape index (κ2) is 28.9. The molecule has 3 N–H and O–H groups in total. The standard InChI is InChI=1S/C11H23NO5.C3H8.CH2O2/c1-2-4-15-6-8-17-9-7-16-5-3-12-11(14)10-13;1-3-2;2-1-3/h13H,2-10H2,1H3,(H,12,14);3H2,1-2H3;1H,(H,2,3). The van der Waals surface area contributed by atoms with Crippen molar-refractivity contribution >= 4 is 12.4 Å². The Balaban J connectivity index is -0.000000573.